The van der Waals surface area contributed by atoms with Gasteiger partial charge in [0.1, 0.15) is 6.10 Å². The van der Waals surface area contributed by atoms with Gasteiger partial charge in [0, 0.05) is 19.1 Å². The maximum atomic E-state index is 12.1. The first kappa shape index (κ1) is 14.8. The molecule has 5 heteroatoms. The van der Waals surface area contributed by atoms with Crippen molar-refractivity contribution in [2.24, 2.45) is 11.1 Å². The number of hydrogen-bond donors (Lipinski definition) is 3. The van der Waals surface area contributed by atoms with Crippen LogP contribution >= 0.6 is 0 Å². The van der Waals surface area contributed by atoms with Crippen LogP contribution < -0.4 is 16.4 Å². The van der Waals surface area contributed by atoms with Crippen LogP contribution in [0, 0.1) is 5.41 Å². The Morgan fingerprint density at radius 2 is 2.26 bits per heavy atom. The van der Waals surface area contributed by atoms with Crippen molar-refractivity contribution >= 4 is 5.91 Å². The molecule has 0 radical (unpaired) electrons. The number of nitrogens with one attached hydrogen (secondary N) is 2. The third-order valence-electron chi connectivity index (χ3n) is 4.48. The lowest BCUT2D eigenvalue weighted by Crippen LogP contribution is -2.53. The van der Waals surface area contributed by atoms with Gasteiger partial charge in [-0.3, -0.25) is 4.79 Å². The summed E-state index contributed by atoms with van der Waals surface area (Å²) >= 11 is 0. The number of hydrogen-bond acceptors (Lipinski definition) is 4. The molecule has 2 rings (SSSR count). The number of amides is 1. The van der Waals surface area contributed by atoms with Crippen molar-refractivity contribution in [3.05, 3.63) is 0 Å². The summed E-state index contributed by atoms with van der Waals surface area (Å²) in [5.41, 5.74) is 5.79. The van der Waals surface area contributed by atoms with Crippen LogP contribution in [0.3, 0.4) is 0 Å². The molecule has 0 aromatic heterocycles. The molecule has 2 heterocycles. The molecule has 0 saturated carbocycles. The second-order valence-corrected chi connectivity index (χ2v) is 6.40. The summed E-state index contributed by atoms with van der Waals surface area (Å²) in [6.07, 6.45) is 3.84. The fourth-order valence-electron chi connectivity index (χ4n) is 3.01. The van der Waals surface area contributed by atoms with Crippen molar-refractivity contribution in [3.8, 4) is 0 Å². The molecule has 3 atom stereocenters. The minimum atomic E-state index is -0.305. The Bertz CT molecular complexity index is 320. The second kappa shape index (κ2) is 6.20. The predicted octanol–water partition coefficient (Wildman–Crippen LogP) is 0.387. The van der Waals surface area contributed by atoms with E-state index in [0.717, 1.165) is 19.4 Å². The normalized spacial score (nSPS) is 34.2. The van der Waals surface area contributed by atoms with E-state index in [-0.39, 0.29) is 23.5 Å². The van der Waals surface area contributed by atoms with E-state index < -0.39 is 0 Å². The molecule has 0 aromatic rings. The molecule has 110 valence electrons. The molecule has 0 spiro atoms. The smallest absolute Gasteiger partial charge is 0.249 e. The molecule has 5 nitrogen and oxygen atoms in total. The summed E-state index contributed by atoms with van der Waals surface area (Å²) in [5.74, 6) is 0.0131. The molecule has 19 heavy (non-hydrogen) atoms. The first-order valence-electron chi connectivity index (χ1n) is 7.39. The Hall–Kier alpha value is -0.650. The first-order chi connectivity index (χ1) is 9.03. The number of ether oxygens (including phenoxy) is 1. The van der Waals surface area contributed by atoms with E-state index in [0.29, 0.717) is 19.1 Å². The number of carbonyl (C=O) groups is 1. The van der Waals surface area contributed by atoms with E-state index >= 15 is 0 Å². The van der Waals surface area contributed by atoms with Crippen molar-refractivity contribution in [2.45, 2.75) is 57.8 Å². The van der Waals surface area contributed by atoms with Crippen LogP contribution in [0.25, 0.3) is 0 Å². The zero-order chi connectivity index (χ0) is 13.9. The fraction of sp³-hybridized carbons (Fsp3) is 0.929. The average molecular weight is 269 g/mol. The Morgan fingerprint density at radius 3 is 2.89 bits per heavy atom. The minimum absolute atomic E-state index is 0.0131. The molecule has 1 amide bonds. The van der Waals surface area contributed by atoms with Crippen LogP contribution in [0.2, 0.25) is 0 Å². The molecule has 1 unspecified atom stereocenters. The topological polar surface area (TPSA) is 76.4 Å². The lowest BCUT2D eigenvalue weighted by atomic mass is 9.77. The third kappa shape index (κ3) is 3.68. The number of rotatable bonds is 4. The first-order valence-corrected chi connectivity index (χ1v) is 7.39. The molecule has 2 fully saturated rings. The average Bonchev–Trinajstić information content (AvgIpc) is 2.85. The Kier molecular flexibility index (Phi) is 4.81. The standard InChI is InChI=1S/C14H27N3O2/c1-14(2)6-3-7-16-12(14)9-17-13(18)11-5-4-10(8-15)19-11/h10-12,16H,3-9,15H2,1-2H3,(H,17,18)/t10-,11+,12?/m1/s1. The van der Waals surface area contributed by atoms with E-state index in [4.69, 9.17) is 10.5 Å². The summed E-state index contributed by atoms with van der Waals surface area (Å²) in [4.78, 5) is 12.1. The van der Waals surface area contributed by atoms with E-state index in [1.165, 1.54) is 12.8 Å². The lowest BCUT2D eigenvalue weighted by Gasteiger charge is -2.39. The van der Waals surface area contributed by atoms with Gasteiger partial charge in [0.25, 0.3) is 0 Å². The molecular weight excluding hydrogens is 242 g/mol. The highest BCUT2D eigenvalue weighted by Crippen LogP contribution is 2.29. The second-order valence-electron chi connectivity index (χ2n) is 6.40. The van der Waals surface area contributed by atoms with E-state index in [9.17, 15) is 4.79 Å². The van der Waals surface area contributed by atoms with E-state index in [1.807, 2.05) is 0 Å². The van der Waals surface area contributed by atoms with Crippen LogP contribution in [-0.2, 0) is 9.53 Å². The van der Waals surface area contributed by atoms with Crippen LogP contribution in [0.4, 0.5) is 0 Å². The largest absolute Gasteiger partial charge is 0.364 e. The zero-order valence-electron chi connectivity index (χ0n) is 12.1. The molecular formula is C14H27N3O2. The van der Waals surface area contributed by atoms with Crippen molar-refractivity contribution < 1.29 is 9.53 Å². The van der Waals surface area contributed by atoms with Crippen molar-refractivity contribution in [1.82, 2.24) is 10.6 Å². The van der Waals surface area contributed by atoms with Gasteiger partial charge in [-0.15, -0.1) is 0 Å². The Morgan fingerprint density at radius 1 is 1.47 bits per heavy atom. The van der Waals surface area contributed by atoms with Crippen LogP contribution in [0.1, 0.15) is 39.5 Å². The van der Waals surface area contributed by atoms with Gasteiger partial charge < -0.3 is 21.1 Å². The monoisotopic (exact) mass is 269 g/mol. The van der Waals surface area contributed by atoms with Gasteiger partial charge in [-0.05, 0) is 37.6 Å². The summed E-state index contributed by atoms with van der Waals surface area (Å²) in [5, 5.41) is 6.53. The van der Waals surface area contributed by atoms with Gasteiger partial charge >= 0.3 is 0 Å². The summed E-state index contributed by atoms with van der Waals surface area (Å²) in [7, 11) is 0. The van der Waals surface area contributed by atoms with Gasteiger partial charge in [-0.1, -0.05) is 13.8 Å². The molecule has 0 aromatic carbocycles. The third-order valence-corrected chi connectivity index (χ3v) is 4.48. The molecule has 2 saturated heterocycles. The van der Waals surface area contributed by atoms with Gasteiger partial charge in [-0.2, -0.15) is 0 Å². The lowest BCUT2D eigenvalue weighted by molar-refractivity contribution is -0.132. The number of carbonyl (C=O) groups excluding carboxylic acids is 1. The number of piperidine rings is 1. The zero-order valence-corrected chi connectivity index (χ0v) is 12.1. The Balaban J connectivity index is 1.77. The summed E-state index contributed by atoms with van der Waals surface area (Å²) in [6.45, 7) is 6.73. The molecule has 2 aliphatic rings. The molecule has 0 aliphatic carbocycles. The van der Waals surface area contributed by atoms with E-state index in [1.54, 1.807) is 0 Å². The predicted molar refractivity (Wildman–Crippen MR) is 74.8 cm³/mol. The quantitative estimate of drug-likeness (QED) is 0.690. The summed E-state index contributed by atoms with van der Waals surface area (Å²) in [6, 6.07) is 0.344. The molecule has 0 bridgehead atoms. The minimum Gasteiger partial charge on any atom is -0.364 e. The van der Waals surface area contributed by atoms with Gasteiger partial charge in [-0.25, -0.2) is 0 Å². The van der Waals surface area contributed by atoms with Crippen molar-refractivity contribution in [1.29, 1.82) is 0 Å². The highest BCUT2D eigenvalue weighted by molar-refractivity contribution is 5.81. The van der Waals surface area contributed by atoms with E-state index in [2.05, 4.69) is 24.5 Å². The maximum Gasteiger partial charge on any atom is 0.249 e. The number of nitrogens with two attached hydrogens (primary N) is 1. The van der Waals surface area contributed by atoms with Crippen LogP contribution in [0.15, 0.2) is 0 Å². The van der Waals surface area contributed by atoms with Crippen LogP contribution in [-0.4, -0.2) is 43.8 Å². The summed E-state index contributed by atoms with van der Waals surface area (Å²) < 4.78 is 5.61. The molecule has 4 N–H and O–H groups in total. The van der Waals surface area contributed by atoms with Gasteiger partial charge in [0.05, 0.1) is 6.10 Å². The SMILES string of the molecule is CC1(C)CCCNC1CNC(=O)[C@@H]1CC[C@H](CN)O1. The fourth-order valence-corrected chi connectivity index (χ4v) is 3.01. The van der Waals surface area contributed by atoms with Gasteiger partial charge in [0.2, 0.25) is 5.91 Å². The highest BCUT2D eigenvalue weighted by Gasteiger charge is 2.34. The van der Waals surface area contributed by atoms with Crippen molar-refractivity contribution in [2.75, 3.05) is 19.6 Å². The van der Waals surface area contributed by atoms with Gasteiger partial charge in [0.15, 0.2) is 0 Å². The molecule has 2 aliphatic heterocycles. The maximum absolute atomic E-state index is 12.1. The highest BCUT2D eigenvalue weighted by atomic mass is 16.5. The van der Waals surface area contributed by atoms with Crippen molar-refractivity contribution in [3.63, 3.8) is 0 Å². The Labute approximate surface area is 115 Å². The van der Waals surface area contributed by atoms with Crippen LogP contribution in [0.5, 0.6) is 0 Å².